The third kappa shape index (κ3) is 3.71. The van der Waals surface area contributed by atoms with Crippen molar-refractivity contribution < 1.29 is 13.6 Å². The lowest BCUT2D eigenvalue weighted by molar-refractivity contribution is 0.0938. The molecule has 0 bridgehead atoms. The van der Waals surface area contributed by atoms with Gasteiger partial charge >= 0.3 is 0 Å². The van der Waals surface area contributed by atoms with Crippen LogP contribution < -0.4 is 0 Å². The van der Waals surface area contributed by atoms with E-state index in [0.29, 0.717) is 6.54 Å². The van der Waals surface area contributed by atoms with Gasteiger partial charge in [0.2, 0.25) is 0 Å². The molecule has 0 aromatic heterocycles. The summed E-state index contributed by atoms with van der Waals surface area (Å²) in [5.74, 6) is -1.73. The van der Waals surface area contributed by atoms with Gasteiger partial charge in [-0.05, 0) is 30.8 Å². The van der Waals surface area contributed by atoms with Gasteiger partial charge in [0.05, 0.1) is 12.1 Å². The first-order chi connectivity index (χ1) is 9.56. The first-order valence-electron chi connectivity index (χ1n) is 6.27. The summed E-state index contributed by atoms with van der Waals surface area (Å²) in [4.78, 5) is 13.7. The van der Waals surface area contributed by atoms with Crippen LogP contribution in [0.25, 0.3) is 0 Å². The number of benzene rings is 2. The molecule has 2 nitrogen and oxygen atoms in total. The summed E-state index contributed by atoms with van der Waals surface area (Å²) in [7, 11) is 1.77. The van der Waals surface area contributed by atoms with E-state index in [0.717, 1.165) is 23.8 Å². The number of hydrogen-bond donors (Lipinski definition) is 0. The normalized spacial score (nSPS) is 10.8. The smallest absolute Gasteiger partial charge is 0.179 e. The molecular weight excluding hydrogens is 260 g/mol. The van der Waals surface area contributed by atoms with Crippen molar-refractivity contribution in [3.63, 3.8) is 0 Å². The van der Waals surface area contributed by atoms with E-state index in [4.69, 9.17) is 0 Å². The Hall–Kier alpha value is -2.07. The first-order valence-corrected chi connectivity index (χ1v) is 6.27. The highest BCUT2D eigenvalue weighted by molar-refractivity contribution is 5.97. The number of rotatable bonds is 5. The van der Waals surface area contributed by atoms with Crippen molar-refractivity contribution in [2.75, 3.05) is 13.6 Å². The van der Waals surface area contributed by atoms with Crippen LogP contribution in [0.2, 0.25) is 0 Å². The molecule has 0 saturated heterocycles. The largest absolute Gasteiger partial charge is 0.295 e. The number of carbonyl (C=O) groups is 1. The van der Waals surface area contributed by atoms with E-state index in [1.165, 1.54) is 0 Å². The van der Waals surface area contributed by atoms with Crippen LogP contribution in [0.5, 0.6) is 0 Å². The van der Waals surface area contributed by atoms with Gasteiger partial charge in [-0.1, -0.05) is 30.3 Å². The van der Waals surface area contributed by atoms with Crippen LogP contribution >= 0.6 is 0 Å². The van der Waals surface area contributed by atoms with Crippen LogP contribution in [0.1, 0.15) is 15.9 Å². The highest BCUT2D eigenvalue weighted by Gasteiger charge is 2.15. The van der Waals surface area contributed by atoms with E-state index in [-0.39, 0.29) is 12.1 Å². The number of ketones is 1. The van der Waals surface area contributed by atoms with Crippen LogP contribution in [-0.4, -0.2) is 24.3 Å². The summed E-state index contributed by atoms with van der Waals surface area (Å²) in [6.45, 7) is 0.610. The van der Waals surface area contributed by atoms with Crippen molar-refractivity contribution in [3.8, 4) is 0 Å². The lowest BCUT2D eigenvalue weighted by Gasteiger charge is -2.16. The molecule has 2 rings (SSSR count). The van der Waals surface area contributed by atoms with Crippen molar-refractivity contribution in [2.24, 2.45) is 0 Å². The van der Waals surface area contributed by atoms with Crippen LogP contribution in [0, 0.1) is 11.6 Å². The second-order valence-electron chi connectivity index (χ2n) is 4.71. The van der Waals surface area contributed by atoms with E-state index in [2.05, 4.69) is 0 Å². The maximum absolute atomic E-state index is 13.5. The van der Waals surface area contributed by atoms with Crippen molar-refractivity contribution in [2.45, 2.75) is 6.54 Å². The molecule has 2 aromatic rings. The van der Waals surface area contributed by atoms with Gasteiger partial charge in [-0.3, -0.25) is 9.69 Å². The Kier molecular flexibility index (Phi) is 4.58. The predicted octanol–water partition coefficient (Wildman–Crippen LogP) is 3.28. The Balaban J connectivity index is 2.02. The van der Waals surface area contributed by atoms with Crippen LogP contribution in [-0.2, 0) is 6.54 Å². The molecule has 2 aromatic carbocycles. The maximum atomic E-state index is 13.5. The van der Waals surface area contributed by atoms with Crippen molar-refractivity contribution in [1.29, 1.82) is 0 Å². The minimum Gasteiger partial charge on any atom is -0.295 e. The SMILES string of the molecule is CN(CC(=O)c1cc(F)ccc1F)Cc1ccccc1. The summed E-state index contributed by atoms with van der Waals surface area (Å²) in [6, 6.07) is 12.5. The van der Waals surface area contributed by atoms with Crippen LogP contribution in [0.3, 0.4) is 0 Å². The lowest BCUT2D eigenvalue weighted by Crippen LogP contribution is -2.26. The molecule has 0 spiro atoms. The Labute approximate surface area is 116 Å². The van der Waals surface area contributed by atoms with Gasteiger partial charge in [-0.15, -0.1) is 0 Å². The van der Waals surface area contributed by atoms with Crippen molar-refractivity contribution in [3.05, 3.63) is 71.3 Å². The average molecular weight is 275 g/mol. The lowest BCUT2D eigenvalue weighted by atomic mass is 10.1. The predicted molar refractivity (Wildman–Crippen MR) is 73.5 cm³/mol. The molecule has 0 aliphatic carbocycles. The van der Waals surface area contributed by atoms with Crippen LogP contribution in [0.15, 0.2) is 48.5 Å². The molecule has 0 saturated carbocycles. The minimum atomic E-state index is -0.690. The molecule has 20 heavy (non-hydrogen) atoms. The average Bonchev–Trinajstić information content (AvgIpc) is 2.42. The van der Waals surface area contributed by atoms with Gasteiger partial charge in [0.1, 0.15) is 11.6 Å². The molecule has 0 heterocycles. The van der Waals surface area contributed by atoms with E-state index < -0.39 is 17.4 Å². The molecule has 0 amide bonds. The molecule has 4 heteroatoms. The van der Waals surface area contributed by atoms with Gasteiger partial charge < -0.3 is 0 Å². The number of likely N-dealkylation sites (N-methyl/N-ethyl adjacent to an activating group) is 1. The van der Waals surface area contributed by atoms with Gasteiger partial charge in [0.25, 0.3) is 0 Å². The first kappa shape index (κ1) is 14.3. The highest BCUT2D eigenvalue weighted by atomic mass is 19.1. The molecule has 0 fully saturated rings. The molecule has 0 atom stereocenters. The summed E-state index contributed by atoms with van der Waals surface area (Å²) >= 11 is 0. The quantitative estimate of drug-likeness (QED) is 0.780. The molecule has 0 aliphatic heterocycles. The molecule has 0 N–H and O–H groups in total. The number of carbonyl (C=O) groups excluding carboxylic acids is 1. The Morgan fingerprint density at radius 2 is 1.80 bits per heavy atom. The summed E-state index contributed by atoms with van der Waals surface area (Å²) in [5, 5.41) is 0. The van der Waals surface area contributed by atoms with Gasteiger partial charge in [-0.25, -0.2) is 8.78 Å². The number of Topliss-reactive ketones (excluding diaryl/α,β-unsaturated/α-hetero) is 1. The molecular formula is C16H15F2NO. The van der Waals surface area contributed by atoms with E-state index in [1.54, 1.807) is 11.9 Å². The van der Waals surface area contributed by atoms with E-state index in [1.807, 2.05) is 30.3 Å². The van der Waals surface area contributed by atoms with Gasteiger partial charge in [-0.2, -0.15) is 0 Å². The number of halogens is 2. The maximum Gasteiger partial charge on any atom is 0.179 e. The van der Waals surface area contributed by atoms with Gasteiger partial charge in [0.15, 0.2) is 5.78 Å². The Bertz CT molecular complexity index is 599. The monoisotopic (exact) mass is 275 g/mol. The Morgan fingerprint density at radius 1 is 1.10 bits per heavy atom. The minimum absolute atomic E-state index is 0.0370. The third-order valence-corrected chi connectivity index (χ3v) is 2.94. The fraction of sp³-hybridized carbons (Fsp3) is 0.188. The second kappa shape index (κ2) is 6.39. The zero-order valence-corrected chi connectivity index (χ0v) is 11.1. The third-order valence-electron chi connectivity index (χ3n) is 2.94. The molecule has 104 valence electrons. The zero-order valence-electron chi connectivity index (χ0n) is 11.1. The van der Waals surface area contributed by atoms with E-state index in [9.17, 15) is 13.6 Å². The molecule has 0 aliphatic rings. The zero-order chi connectivity index (χ0) is 14.5. The standard InChI is InChI=1S/C16H15F2NO/c1-19(10-12-5-3-2-4-6-12)11-16(20)14-9-13(17)7-8-15(14)18/h2-9H,10-11H2,1H3. The highest BCUT2D eigenvalue weighted by Crippen LogP contribution is 2.11. The summed E-state index contributed by atoms with van der Waals surface area (Å²) in [6.07, 6.45) is 0. The van der Waals surface area contributed by atoms with Gasteiger partial charge in [0, 0.05) is 6.54 Å². The van der Waals surface area contributed by atoms with E-state index >= 15 is 0 Å². The second-order valence-corrected chi connectivity index (χ2v) is 4.71. The summed E-state index contributed by atoms with van der Waals surface area (Å²) < 4.78 is 26.6. The fourth-order valence-corrected chi connectivity index (χ4v) is 1.99. The fourth-order valence-electron chi connectivity index (χ4n) is 1.99. The molecule has 0 radical (unpaired) electrons. The van der Waals surface area contributed by atoms with Crippen LogP contribution in [0.4, 0.5) is 8.78 Å². The van der Waals surface area contributed by atoms with Crippen molar-refractivity contribution >= 4 is 5.78 Å². The number of hydrogen-bond acceptors (Lipinski definition) is 2. The topological polar surface area (TPSA) is 20.3 Å². The summed E-state index contributed by atoms with van der Waals surface area (Å²) in [5.41, 5.74) is 0.854. The van der Waals surface area contributed by atoms with Crippen molar-refractivity contribution in [1.82, 2.24) is 4.90 Å². The Morgan fingerprint density at radius 3 is 2.50 bits per heavy atom. The number of nitrogens with zero attached hydrogens (tertiary/aromatic N) is 1. The molecule has 0 unspecified atom stereocenters.